The summed E-state index contributed by atoms with van der Waals surface area (Å²) in [5.74, 6) is -0.0151. The maximum Gasteiger partial charge on any atom is 0.217 e. The standard InChI is InChI=1S/C30H30Cl2N2O2/c1-34(2)17-16-30(35,24-10-7-11-26(32)19-24)28(22-8-5-4-6-9-22)27-18-23(20-33-29(27)36-3)21-12-14-25(31)15-13-21/h4-15,18-20,28,35H,16-17H2,1-3H3. The lowest BCUT2D eigenvalue weighted by atomic mass is 9.71. The Hall–Kier alpha value is -2.89. The van der Waals surface area contributed by atoms with E-state index in [9.17, 15) is 5.11 Å². The monoisotopic (exact) mass is 520 g/mol. The average molecular weight is 521 g/mol. The number of halogens is 2. The van der Waals surface area contributed by atoms with Gasteiger partial charge in [0.25, 0.3) is 0 Å². The van der Waals surface area contributed by atoms with Crippen molar-refractivity contribution in [3.05, 3.63) is 118 Å². The van der Waals surface area contributed by atoms with Gasteiger partial charge in [-0.05, 0) is 67.5 Å². The van der Waals surface area contributed by atoms with Crippen molar-refractivity contribution in [1.29, 1.82) is 0 Å². The van der Waals surface area contributed by atoms with E-state index in [1.807, 2.05) is 93.0 Å². The van der Waals surface area contributed by atoms with Gasteiger partial charge in [0.2, 0.25) is 5.88 Å². The van der Waals surface area contributed by atoms with Crippen molar-refractivity contribution in [3.8, 4) is 17.0 Å². The minimum absolute atomic E-state index is 0.465. The number of hydrogen-bond acceptors (Lipinski definition) is 4. The topological polar surface area (TPSA) is 45.6 Å². The van der Waals surface area contributed by atoms with Crippen LogP contribution in [0.4, 0.5) is 0 Å². The van der Waals surface area contributed by atoms with Crippen LogP contribution in [-0.2, 0) is 5.60 Å². The second kappa shape index (κ2) is 11.4. The minimum Gasteiger partial charge on any atom is -0.481 e. The smallest absolute Gasteiger partial charge is 0.217 e. The van der Waals surface area contributed by atoms with Crippen LogP contribution in [0.15, 0.2) is 91.1 Å². The van der Waals surface area contributed by atoms with Gasteiger partial charge in [-0.1, -0.05) is 77.8 Å². The molecule has 2 atom stereocenters. The fourth-order valence-electron chi connectivity index (χ4n) is 4.61. The first-order chi connectivity index (χ1) is 17.3. The average Bonchev–Trinajstić information content (AvgIpc) is 2.88. The van der Waals surface area contributed by atoms with Crippen LogP contribution in [0.1, 0.15) is 29.0 Å². The molecule has 1 N–H and O–H groups in total. The summed E-state index contributed by atoms with van der Waals surface area (Å²) in [5.41, 5.74) is 3.06. The van der Waals surface area contributed by atoms with Gasteiger partial charge in [0, 0.05) is 39.8 Å². The fourth-order valence-corrected chi connectivity index (χ4v) is 4.93. The maximum atomic E-state index is 12.7. The molecule has 1 aromatic heterocycles. The molecule has 2 unspecified atom stereocenters. The maximum absolute atomic E-state index is 12.7. The third-order valence-electron chi connectivity index (χ3n) is 6.44. The van der Waals surface area contributed by atoms with E-state index in [-0.39, 0.29) is 0 Å². The van der Waals surface area contributed by atoms with Gasteiger partial charge >= 0.3 is 0 Å². The first-order valence-electron chi connectivity index (χ1n) is 11.8. The summed E-state index contributed by atoms with van der Waals surface area (Å²) in [5, 5.41) is 13.9. The molecule has 4 nitrogen and oxygen atoms in total. The Morgan fingerprint density at radius 2 is 1.61 bits per heavy atom. The molecule has 0 aliphatic heterocycles. The van der Waals surface area contributed by atoms with Crippen LogP contribution in [0.2, 0.25) is 10.0 Å². The highest BCUT2D eigenvalue weighted by atomic mass is 35.5. The molecule has 0 bridgehead atoms. The molecule has 4 rings (SSSR count). The number of pyridine rings is 1. The van der Waals surface area contributed by atoms with Gasteiger partial charge in [-0.15, -0.1) is 0 Å². The van der Waals surface area contributed by atoms with Gasteiger partial charge in [-0.25, -0.2) is 4.98 Å². The summed E-state index contributed by atoms with van der Waals surface area (Å²) in [4.78, 5) is 6.73. The Labute approximate surface area is 223 Å². The largest absolute Gasteiger partial charge is 0.481 e. The van der Waals surface area contributed by atoms with Crippen LogP contribution in [0.25, 0.3) is 11.1 Å². The molecule has 0 radical (unpaired) electrons. The molecular weight excluding hydrogens is 491 g/mol. The number of nitrogens with zero attached hydrogens (tertiary/aromatic N) is 2. The minimum atomic E-state index is -1.30. The molecule has 6 heteroatoms. The second-order valence-corrected chi connectivity index (χ2v) is 10.0. The molecule has 0 fully saturated rings. The van der Waals surface area contributed by atoms with Crippen molar-refractivity contribution in [3.63, 3.8) is 0 Å². The number of methoxy groups -OCH3 is 1. The highest BCUT2D eigenvalue weighted by Crippen LogP contribution is 2.47. The van der Waals surface area contributed by atoms with Crippen LogP contribution in [0.3, 0.4) is 0 Å². The van der Waals surface area contributed by atoms with Crippen molar-refractivity contribution in [1.82, 2.24) is 9.88 Å². The molecule has 0 saturated heterocycles. The highest BCUT2D eigenvalue weighted by molar-refractivity contribution is 6.30. The Bertz CT molecular complexity index is 1300. The van der Waals surface area contributed by atoms with Crippen molar-refractivity contribution < 1.29 is 9.84 Å². The van der Waals surface area contributed by atoms with E-state index in [2.05, 4.69) is 16.0 Å². The SMILES string of the molecule is COc1ncc(-c2ccc(Cl)cc2)cc1C(c1ccccc1)C(O)(CCN(C)C)c1cccc(Cl)c1. The van der Waals surface area contributed by atoms with Crippen LogP contribution in [-0.4, -0.2) is 42.7 Å². The normalized spacial score (nSPS) is 13.9. The van der Waals surface area contributed by atoms with Gasteiger partial charge in [0.1, 0.15) is 5.60 Å². The predicted octanol–water partition coefficient (Wildman–Crippen LogP) is 7.04. The van der Waals surface area contributed by atoms with Gasteiger partial charge < -0.3 is 14.7 Å². The Morgan fingerprint density at radius 1 is 0.889 bits per heavy atom. The first-order valence-corrected chi connectivity index (χ1v) is 12.6. The van der Waals surface area contributed by atoms with E-state index in [4.69, 9.17) is 27.9 Å². The Kier molecular flexibility index (Phi) is 8.32. The first kappa shape index (κ1) is 26.2. The summed E-state index contributed by atoms with van der Waals surface area (Å²) in [7, 11) is 5.60. The van der Waals surface area contributed by atoms with Gasteiger partial charge in [-0.2, -0.15) is 0 Å². The number of aromatic nitrogens is 1. The van der Waals surface area contributed by atoms with Crippen LogP contribution < -0.4 is 4.74 Å². The number of rotatable bonds is 9. The van der Waals surface area contributed by atoms with Crippen LogP contribution >= 0.6 is 23.2 Å². The molecule has 4 aromatic rings. The zero-order valence-corrected chi connectivity index (χ0v) is 22.2. The molecule has 0 spiro atoms. The van der Waals surface area contributed by atoms with E-state index >= 15 is 0 Å². The molecule has 3 aromatic carbocycles. The lowest BCUT2D eigenvalue weighted by Gasteiger charge is -2.39. The zero-order chi connectivity index (χ0) is 25.7. The highest BCUT2D eigenvalue weighted by Gasteiger charge is 2.42. The molecule has 0 aliphatic rings. The van der Waals surface area contributed by atoms with Gasteiger partial charge in [-0.3, -0.25) is 0 Å². The quantitative estimate of drug-likeness (QED) is 0.257. The predicted molar refractivity (Wildman–Crippen MR) is 148 cm³/mol. The van der Waals surface area contributed by atoms with E-state index in [1.54, 1.807) is 13.3 Å². The van der Waals surface area contributed by atoms with Crippen molar-refractivity contribution in [2.75, 3.05) is 27.7 Å². The Morgan fingerprint density at radius 3 is 2.25 bits per heavy atom. The van der Waals surface area contributed by atoms with Crippen molar-refractivity contribution in [2.24, 2.45) is 0 Å². The molecule has 0 amide bonds. The molecule has 186 valence electrons. The third kappa shape index (κ3) is 5.74. The zero-order valence-electron chi connectivity index (χ0n) is 20.7. The van der Waals surface area contributed by atoms with Crippen molar-refractivity contribution in [2.45, 2.75) is 17.9 Å². The second-order valence-electron chi connectivity index (χ2n) is 9.16. The number of hydrogen-bond donors (Lipinski definition) is 1. The summed E-state index contributed by atoms with van der Waals surface area (Å²) in [6.45, 7) is 0.666. The lowest BCUT2D eigenvalue weighted by molar-refractivity contribution is 0.00377. The molecule has 0 aliphatic carbocycles. The lowest BCUT2D eigenvalue weighted by Crippen LogP contribution is -2.37. The number of benzene rings is 3. The van der Waals surface area contributed by atoms with Gasteiger partial charge in [0.15, 0.2) is 0 Å². The number of aliphatic hydroxyl groups is 1. The Balaban J connectivity index is 1.97. The van der Waals surface area contributed by atoms with E-state index in [1.165, 1.54) is 0 Å². The summed E-state index contributed by atoms with van der Waals surface area (Å²) < 4.78 is 5.76. The van der Waals surface area contributed by atoms with Crippen LogP contribution in [0.5, 0.6) is 5.88 Å². The van der Waals surface area contributed by atoms with Crippen molar-refractivity contribution >= 4 is 23.2 Å². The molecule has 36 heavy (non-hydrogen) atoms. The summed E-state index contributed by atoms with van der Waals surface area (Å²) in [6.07, 6.45) is 2.25. The molecule has 1 heterocycles. The third-order valence-corrected chi connectivity index (χ3v) is 6.92. The summed E-state index contributed by atoms with van der Waals surface area (Å²) in [6, 6.07) is 27.2. The van der Waals surface area contributed by atoms with E-state index < -0.39 is 11.5 Å². The number of ether oxygens (including phenoxy) is 1. The van der Waals surface area contributed by atoms with Crippen LogP contribution in [0, 0.1) is 0 Å². The summed E-state index contributed by atoms with van der Waals surface area (Å²) >= 11 is 12.5. The molecular formula is C30H30Cl2N2O2. The van der Waals surface area contributed by atoms with E-state index in [0.29, 0.717) is 28.9 Å². The van der Waals surface area contributed by atoms with E-state index in [0.717, 1.165) is 27.8 Å². The molecule has 0 saturated carbocycles. The fraction of sp³-hybridized carbons (Fsp3) is 0.233. The van der Waals surface area contributed by atoms with Gasteiger partial charge in [0.05, 0.1) is 7.11 Å².